The maximum atomic E-state index is 12.4. The van der Waals surface area contributed by atoms with Crippen molar-refractivity contribution in [1.82, 2.24) is 0 Å². The van der Waals surface area contributed by atoms with Gasteiger partial charge in [-0.3, -0.25) is 14.9 Å². The molecule has 0 atom stereocenters. The third kappa shape index (κ3) is 3.72. The van der Waals surface area contributed by atoms with E-state index in [1.54, 1.807) is 6.92 Å². The van der Waals surface area contributed by atoms with Crippen LogP contribution in [0.25, 0.3) is 0 Å². The molecule has 2 aromatic rings. The van der Waals surface area contributed by atoms with Gasteiger partial charge in [-0.2, -0.15) is 0 Å². The number of aryl methyl sites for hydroxylation is 1. The number of carboxylic acid groups (broad SMARTS) is 1. The first-order valence-electron chi connectivity index (χ1n) is 6.70. The normalized spacial score (nSPS) is 10.5. The van der Waals surface area contributed by atoms with Crippen molar-refractivity contribution in [2.75, 3.05) is 0 Å². The summed E-state index contributed by atoms with van der Waals surface area (Å²) in [5.41, 5.74) is 0.623. The van der Waals surface area contributed by atoms with Crippen LogP contribution in [-0.4, -0.2) is 21.8 Å². The lowest BCUT2D eigenvalue weighted by Crippen LogP contribution is -2.08. The number of halogens is 2. The van der Waals surface area contributed by atoms with Crippen LogP contribution in [0.15, 0.2) is 30.3 Å². The zero-order valence-corrected chi connectivity index (χ0v) is 13.9. The van der Waals surface area contributed by atoms with E-state index in [1.165, 1.54) is 24.3 Å². The Hall–Kier alpha value is -2.44. The Morgan fingerprint density at radius 1 is 1.17 bits per heavy atom. The molecule has 0 aliphatic carbocycles. The van der Waals surface area contributed by atoms with Gasteiger partial charge in [-0.05, 0) is 30.7 Å². The average molecular weight is 368 g/mol. The molecule has 2 aromatic carbocycles. The maximum absolute atomic E-state index is 12.4. The molecule has 0 aliphatic heterocycles. The first-order valence-corrected chi connectivity index (χ1v) is 7.45. The summed E-state index contributed by atoms with van der Waals surface area (Å²) >= 11 is 11.6. The van der Waals surface area contributed by atoms with Crippen molar-refractivity contribution in [3.63, 3.8) is 0 Å². The molecule has 0 saturated heterocycles. The Bertz CT molecular complexity index is 864. The van der Waals surface area contributed by atoms with E-state index in [-0.39, 0.29) is 38.8 Å². The van der Waals surface area contributed by atoms with Gasteiger partial charge in [0.1, 0.15) is 0 Å². The van der Waals surface area contributed by atoms with Crippen LogP contribution in [0.1, 0.15) is 31.8 Å². The third-order valence-corrected chi connectivity index (χ3v) is 4.17. The first-order chi connectivity index (χ1) is 11.2. The van der Waals surface area contributed by atoms with E-state index in [9.17, 15) is 19.7 Å². The molecule has 0 amide bonds. The number of aromatic carboxylic acids is 1. The second kappa shape index (κ2) is 6.98. The van der Waals surface area contributed by atoms with Crippen LogP contribution in [0.3, 0.4) is 0 Å². The minimum Gasteiger partial charge on any atom is -0.478 e. The molecule has 0 fully saturated rings. The van der Waals surface area contributed by atoms with E-state index in [1.807, 2.05) is 0 Å². The molecule has 0 heterocycles. The number of ketones is 1. The summed E-state index contributed by atoms with van der Waals surface area (Å²) < 4.78 is 0. The monoisotopic (exact) mass is 367 g/mol. The molecule has 0 bridgehead atoms. The number of carbonyl (C=O) groups excluding carboxylic acids is 1. The van der Waals surface area contributed by atoms with Crippen molar-refractivity contribution in [2.24, 2.45) is 0 Å². The number of hydrogen-bond acceptors (Lipinski definition) is 4. The number of nitro benzene ring substituents is 1. The number of benzene rings is 2. The smallest absolute Gasteiger partial charge is 0.335 e. The van der Waals surface area contributed by atoms with Crippen molar-refractivity contribution >= 4 is 40.6 Å². The van der Waals surface area contributed by atoms with Crippen LogP contribution < -0.4 is 0 Å². The number of carbonyl (C=O) groups is 2. The number of Topliss-reactive ketones (excluding diaryl/α,β-unsaturated/α-hetero) is 1. The molecule has 0 aliphatic rings. The Labute approximate surface area is 146 Å². The van der Waals surface area contributed by atoms with Gasteiger partial charge >= 0.3 is 5.97 Å². The molecule has 0 spiro atoms. The molecule has 2 rings (SSSR count). The topological polar surface area (TPSA) is 97.5 Å². The summed E-state index contributed by atoms with van der Waals surface area (Å²) in [5, 5.41) is 20.2. The van der Waals surface area contributed by atoms with Crippen molar-refractivity contribution in [3.05, 3.63) is 72.7 Å². The van der Waals surface area contributed by atoms with E-state index >= 15 is 0 Å². The molecule has 124 valence electrons. The standard InChI is InChI=1S/C16H11Cl2NO5/c1-8-4-9(2-3-11(8)16(21)22)15(20)6-10-5-12(17)13(18)7-14(10)19(23)24/h2-5,7H,6H2,1H3,(H,21,22). The Morgan fingerprint density at radius 2 is 1.79 bits per heavy atom. The zero-order chi connectivity index (χ0) is 18.0. The molecule has 24 heavy (non-hydrogen) atoms. The number of carboxylic acids is 1. The summed E-state index contributed by atoms with van der Waals surface area (Å²) in [7, 11) is 0. The molecule has 0 unspecified atom stereocenters. The van der Waals surface area contributed by atoms with Gasteiger partial charge in [-0.15, -0.1) is 0 Å². The lowest BCUT2D eigenvalue weighted by molar-refractivity contribution is -0.385. The van der Waals surface area contributed by atoms with Gasteiger partial charge in [0.2, 0.25) is 0 Å². The minimum atomic E-state index is -1.09. The fraction of sp³-hybridized carbons (Fsp3) is 0.125. The second-order valence-corrected chi connectivity index (χ2v) is 5.90. The number of hydrogen-bond donors (Lipinski definition) is 1. The van der Waals surface area contributed by atoms with Crippen molar-refractivity contribution in [3.8, 4) is 0 Å². The Kier molecular flexibility index (Phi) is 5.21. The van der Waals surface area contributed by atoms with E-state index in [0.29, 0.717) is 5.56 Å². The Morgan fingerprint density at radius 3 is 2.33 bits per heavy atom. The van der Waals surface area contributed by atoms with Crippen LogP contribution in [0.4, 0.5) is 5.69 Å². The van der Waals surface area contributed by atoms with E-state index in [2.05, 4.69) is 0 Å². The molecular weight excluding hydrogens is 357 g/mol. The van der Waals surface area contributed by atoms with E-state index < -0.39 is 16.7 Å². The molecular formula is C16H11Cl2NO5. The van der Waals surface area contributed by atoms with E-state index in [4.69, 9.17) is 28.3 Å². The SMILES string of the molecule is Cc1cc(C(=O)Cc2cc(Cl)c(Cl)cc2[N+](=O)[O-])ccc1C(=O)O. The molecule has 0 saturated carbocycles. The largest absolute Gasteiger partial charge is 0.478 e. The van der Waals surface area contributed by atoms with Gasteiger partial charge in [-0.1, -0.05) is 29.3 Å². The number of nitro groups is 1. The van der Waals surface area contributed by atoms with Crippen LogP contribution >= 0.6 is 23.2 Å². The molecule has 8 heteroatoms. The highest BCUT2D eigenvalue weighted by Gasteiger charge is 2.20. The van der Waals surface area contributed by atoms with Crippen molar-refractivity contribution < 1.29 is 19.6 Å². The highest BCUT2D eigenvalue weighted by atomic mass is 35.5. The molecule has 6 nitrogen and oxygen atoms in total. The van der Waals surface area contributed by atoms with Crippen molar-refractivity contribution in [2.45, 2.75) is 13.3 Å². The first kappa shape index (κ1) is 17.9. The predicted octanol–water partition coefficient (Wildman–Crippen LogP) is 4.33. The number of rotatable bonds is 5. The maximum Gasteiger partial charge on any atom is 0.335 e. The summed E-state index contributed by atoms with van der Waals surface area (Å²) in [4.78, 5) is 33.8. The summed E-state index contributed by atoms with van der Waals surface area (Å²) in [5.74, 6) is -1.48. The lowest BCUT2D eigenvalue weighted by atomic mass is 9.98. The summed E-state index contributed by atoms with van der Waals surface area (Å²) in [6.07, 6.45) is -0.251. The van der Waals surface area contributed by atoms with E-state index in [0.717, 1.165) is 6.07 Å². The van der Waals surface area contributed by atoms with Crippen LogP contribution in [0.2, 0.25) is 10.0 Å². The highest BCUT2D eigenvalue weighted by Crippen LogP contribution is 2.31. The average Bonchev–Trinajstić information content (AvgIpc) is 2.49. The summed E-state index contributed by atoms with van der Waals surface area (Å²) in [6.45, 7) is 1.57. The van der Waals surface area contributed by atoms with Crippen LogP contribution in [-0.2, 0) is 6.42 Å². The van der Waals surface area contributed by atoms with Gasteiger partial charge in [0.15, 0.2) is 5.78 Å². The molecule has 0 radical (unpaired) electrons. The third-order valence-electron chi connectivity index (χ3n) is 3.45. The van der Waals surface area contributed by atoms with Crippen LogP contribution in [0.5, 0.6) is 0 Å². The van der Waals surface area contributed by atoms with Gasteiger partial charge < -0.3 is 5.11 Å². The zero-order valence-electron chi connectivity index (χ0n) is 12.4. The Balaban J connectivity index is 2.37. The van der Waals surface area contributed by atoms with Crippen LogP contribution in [0, 0.1) is 17.0 Å². The van der Waals surface area contributed by atoms with Crippen molar-refractivity contribution in [1.29, 1.82) is 0 Å². The molecule has 1 N–H and O–H groups in total. The fourth-order valence-corrected chi connectivity index (χ4v) is 2.59. The van der Waals surface area contributed by atoms with Gasteiger partial charge in [-0.25, -0.2) is 4.79 Å². The summed E-state index contributed by atoms with van der Waals surface area (Å²) in [6, 6.07) is 6.54. The minimum absolute atomic E-state index is 0.0289. The fourth-order valence-electron chi connectivity index (χ4n) is 2.24. The number of nitrogens with zero attached hydrogens (tertiary/aromatic N) is 1. The van der Waals surface area contributed by atoms with Gasteiger partial charge in [0.25, 0.3) is 5.69 Å². The quantitative estimate of drug-likeness (QED) is 0.481. The second-order valence-electron chi connectivity index (χ2n) is 5.09. The predicted molar refractivity (Wildman–Crippen MR) is 89.3 cm³/mol. The van der Waals surface area contributed by atoms with Gasteiger partial charge in [0.05, 0.1) is 20.5 Å². The molecule has 0 aromatic heterocycles. The van der Waals surface area contributed by atoms with Gasteiger partial charge in [0, 0.05) is 23.6 Å². The highest BCUT2D eigenvalue weighted by molar-refractivity contribution is 6.42. The lowest BCUT2D eigenvalue weighted by Gasteiger charge is -2.07.